The highest BCUT2D eigenvalue weighted by Crippen LogP contribution is 2.15. The van der Waals surface area contributed by atoms with Gasteiger partial charge in [-0.25, -0.2) is 0 Å². The van der Waals surface area contributed by atoms with Gasteiger partial charge in [0.25, 0.3) is 0 Å². The summed E-state index contributed by atoms with van der Waals surface area (Å²) in [5.41, 5.74) is 0. The average molecular weight is 813 g/mol. The SMILES string of the molecule is CC/C=C\C/C=C\C/C=C\CCCCCCCC(=O)OC[C@@H](COC(=O)CCCCCCCCCCCCCC)OC(=O)CCCCCCC/C=C\CCCCCC. The van der Waals surface area contributed by atoms with Crippen molar-refractivity contribution < 1.29 is 28.6 Å². The first kappa shape index (κ1) is 55.4. The molecule has 336 valence electrons. The summed E-state index contributed by atoms with van der Waals surface area (Å²) in [6.45, 7) is 6.49. The topological polar surface area (TPSA) is 78.9 Å². The van der Waals surface area contributed by atoms with E-state index in [-0.39, 0.29) is 31.1 Å². The molecule has 0 bridgehead atoms. The molecule has 0 aromatic rings. The van der Waals surface area contributed by atoms with Crippen LogP contribution in [-0.4, -0.2) is 37.2 Å². The summed E-state index contributed by atoms with van der Waals surface area (Å²) < 4.78 is 16.7. The van der Waals surface area contributed by atoms with Gasteiger partial charge in [-0.1, -0.05) is 198 Å². The maximum atomic E-state index is 12.7. The van der Waals surface area contributed by atoms with Crippen molar-refractivity contribution in [3.05, 3.63) is 48.6 Å². The molecule has 0 heterocycles. The van der Waals surface area contributed by atoms with Crippen molar-refractivity contribution in [3.8, 4) is 0 Å². The van der Waals surface area contributed by atoms with Crippen LogP contribution in [0, 0.1) is 0 Å². The zero-order chi connectivity index (χ0) is 42.3. The quantitative estimate of drug-likeness (QED) is 0.0264. The lowest BCUT2D eigenvalue weighted by Crippen LogP contribution is -2.30. The van der Waals surface area contributed by atoms with Gasteiger partial charge in [0.1, 0.15) is 13.2 Å². The van der Waals surface area contributed by atoms with Gasteiger partial charge in [-0.2, -0.15) is 0 Å². The van der Waals surface area contributed by atoms with E-state index in [1.807, 2.05) is 0 Å². The minimum absolute atomic E-state index is 0.0801. The zero-order valence-corrected chi connectivity index (χ0v) is 38.3. The lowest BCUT2D eigenvalue weighted by molar-refractivity contribution is -0.167. The van der Waals surface area contributed by atoms with E-state index in [4.69, 9.17) is 14.2 Å². The van der Waals surface area contributed by atoms with Crippen molar-refractivity contribution in [2.75, 3.05) is 13.2 Å². The second-order valence-electron chi connectivity index (χ2n) is 16.3. The Balaban J connectivity index is 4.40. The Hall–Kier alpha value is -2.63. The number of esters is 3. The lowest BCUT2D eigenvalue weighted by atomic mass is 10.0. The highest BCUT2D eigenvalue weighted by atomic mass is 16.6. The third-order valence-electron chi connectivity index (χ3n) is 10.6. The molecule has 0 aromatic heterocycles. The smallest absolute Gasteiger partial charge is 0.306 e. The van der Waals surface area contributed by atoms with Crippen molar-refractivity contribution in [1.29, 1.82) is 0 Å². The van der Waals surface area contributed by atoms with Crippen molar-refractivity contribution in [2.24, 2.45) is 0 Å². The summed E-state index contributed by atoms with van der Waals surface area (Å²) in [5, 5.41) is 0. The Bertz CT molecular complexity index is 1030. The fourth-order valence-corrected chi connectivity index (χ4v) is 6.86. The van der Waals surface area contributed by atoms with Crippen LogP contribution in [0.2, 0.25) is 0 Å². The van der Waals surface area contributed by atoms with E-state index >= 15 is 0 Å². The van der Waals surface area contributed by atoms with E-state index in [1.165, 1.54) is 96.3 Å². The average Bonchev–Trinajstić information content (AvgIpc) is 3.22. The highest BCUT2D eigenvalue weighted by Gasteiger charge is 2.19. The van der Waals surface area contributed by atoms with Crippen LogP contribution in [-0.2, 0) is 28.6 Å². The van der Waals surface area contributed by atoms with Crippen molar-refractivity contribution >= 4 is 17.9 Å². The molecule has 6 heteroatoms. The number of ether oxygens (including phenoxy) is 3. The van der Waals surface area contributed by atoms with Crippen LogP contribution in [0.3, 0.4) is 0 Å². The van der Waals surface area contributed by atoms with E-state index in [0.717, 1.165) is 109 Å². The van der Waals surface area contributed by atoms with E-state index in [1.54, 1.807) is 0 Å². The summed E-state index contributed by atoms with van der Waals surface area (Å²) in [7, 11) is 0. The zero-order valence-electron chi connectivity index (χ0n) is 38.3. The minimum atomic E-state index is -0.780. The van der Waals surface area contributed by atoms with Gasteiger partial charge in [0.15, 0.2) is 6.10 Å². The molecule has 6 nitrogen and oxygen atoms in total. The number of unbranched alkanes of at least 4 members (excludes halogenated alkanes) is 25. The Morgan fingerprint density at radius 1 is 0.362 bits per heavy atom. The predicted molar refractivity (Wildman–Crippen MR) is 247 cm³/mol. The lowest BCUT2D eigenvalue weighted by Gasteiger charge is -2.18. The van der Waals surface area contributed by atoms with Crippen molar-refractivity contribution in [3.63, 3.8) is 0 Å². The number of rotatable bonds is 44. The van der Waals surface area contributed by atoms with Crippen LogP contribution in [0.15, 0.2) is 48.6 Å². The van der Waals surface area contributed by atoms with Crippen molar-refractivity contribution in [2.45, 2.75) is 252 Å². The number of hydrogen-bond donors (Lipinski definition) is 0. The Morgan fingerprint density at radius 2 is 0.672 bits per heavy atom. The normalized spacial score (nSPS) is 12.4. The summed E-state index contributed by atoms with van der Waals surface area (Å²) in [6, 6.07) is 0. The van der Waals surface area contributed by atoms with Crippen LogP contribution in [0.5, 0.6) is 0 Å². The molecular weight excluding hydrogens is 721 g/mol. The molecule has 0 radical (unpaired) electrons. The molecule has 0 unspecified atom stereocenters. The third-order valence-corrected chi connectivity index (χ3v) is 10.6. The summed E-state index contributed by atoms with van der Waals surface area (Å²) >= 11 is 0. The second-order valence-corrected chi connectivity index (χ2v) is 16.3. The first-order valence-electron chi connectivity index (χ1n) is 24.6. The van der Waals surface area contributed by atoms with Gasteiger partial charge in [0, 0.05) is 19.3 Å². The largest absolute Gasteiger partial charge is 0.462 e. The molecular formula is C52H92O6. The second kappa shape index (κ2) is 47.1. The first-order valence-corrected chi connectivity index (χ1v) is 24.6. The maximum absolute atomic E-state index is 12.7. The van der Waals surface area contributed by atoms with Gasteiger partial charge in [0.2, 0.25) is 0 Å². The van der Waals surface area contributed by atoms with Gasteiger partial charge in [0.05, 0.1) is 0 Å². The van der Waals surface area contributed by atoms with Crippen LogP contribution in [0.4, 0.5) is 0 Å². The van der Waals surface area contributed by atoms with Crippen LogP contribution < -0.4 is 0 Å². The Morgan fingerprint density at radius 3 is 1.09 bits per heavy atom. The molecule has 1 atom stereocenters. The maximum Gasteiger partial charge on any atom is 0.306 e. The monoisotopic (exact) mass is 813 g/mol. The number of hydrogen-bond acceptors (Lipinski definition) is 6. The molecule has 0 N–H and O–H groups in total. The summed E-state index contributed by atoms with van der Waals surface area (Å²) in [4.78, 5) is 37.9. The standard InChI is InChI=1S/C52H92O6/c1-4-7-10-13-16-19-22-25-26-28-30-33-36-39-42-45-51(54)57-48-49(47-56-50(53)44-41-38-35-32-29-24-21-18-15-12-9-6-3)58-52(55)46-43-40-37-34-31-27-23-20-17-14-11-8-5-2/h7,10,16,19-20,23,25-26,49H,4-6,8-9,11-15,17-18,21-22,24,27-48H2,1-3H3/b10-7-,19-16-,23-20-,26-25-/t49-/m1/s1. The Labute approximate surface area is 358 Å². The number of allylic oxidation sites excluding steroid dienone is 8. The predicted octanol–water partition coefficient (Wildman–Crippen LogP) is 15.9. The van der Waals surface area contributed by atoms with Gasteiger partial charge in [-0.3, -0.25) is 14.4 Å². The first-order chi connectivity index (χ1) is 28.5. The van der Waals surface area contributed by atoms with E-state index in [2.05, 4.69) is 69.4 Å². The van der Waals surface area contributed by atoms with Crippen molar-refractivity contribution in [1.82, 2.24) is 0 Å². The molecule has 0 aliphatic heterocycles. The number of carbonyl (C=O) groups excluding carboxylic acids is 3. The van der Waals surface area contributed by atoms with Gasteiger partial charge in [-0.15, -0.1) is 0 Å². The third kappa shape index (κ3) is 44.5. The molecule has 0 rings (SSSR count). The molecule has 0 saturated carbocycles. The van der Waals surface area contributed by atoms with Crippen LogP contribution >= 0.6 is 0 Å². The molecule has 0 spiro atoms. The molecule has 0 amide bonds. The Kier molecular flexibility index (Phi) is 44.9. The molecule has 0 aliphatic rings. The van der Waals surface area contributed by atoms with Gasteiger partial charge < -0.3 is 14.2 Å². The fraction of sp³-hybridized carbons (Fsp3) is 0.788. The highest BCUT2D eigenvalue weighted by molar-refractivity contribution is 5.71. The van der Waals surface area contributed by atoms with Crippen LogP contribution in [0.25, 0.3) is 0 Å². The molecule has 0 saturated heterocycles. The van der Waals surface area contributed by atoms with E-state index < -0.39 is 6.10 Å². The molecule has 0 aliphatic carbocycles. The van der Waals surface area contributed by atoms with E-state index in [9.17, 15) is 14.4 Å². The van der Waals surface area contributed by atoms with Gasteiger partial charge in [-0.05, 0) is 77.0 Å². The van der Waals surface area contributed by atoms with Crippen LogP contribution in [0.1, 0.15) is 245 Å². The molecule has 58 heavy (non-hydrogen) atoms. The fourth-order valence-electron chi connectivity index (χ4n) is 6.86. The molecule has 0 aromatic carbocycles. The molecule has 0 fully saturated rings. The number of carbonyl (C=O) groups is 3. The summed E-state index contributed by atoms with van der Waals surface area (Å²) in [5.74, 6) is -0.903. The summed E-state index contributed by atoms with van der Waals surface area (Å²) in [6.07, 6.45) is 55.1. The van der Waals surface area contributed by atoms with Gasteiger partial charge >= 0.3 is 17.9 Å². The minimum Gasteiger partial charge on any atom is -0.462 e. The van der Waals surface area contributed by atoms with E-state index in [0.29, 0.717) is 19.3 Å².